The second kappa shape index (κ2) is 8.88. The van der Waals surface area contributed by atoms with Gasteiger partial charge in [-0.05, 0) is 55.7 Å². The number of nitrogens with one attached hydrogen (secondary N) is 1. The molecule has 0 aliphatic carbocycles. The largest absolute Gasteiger partial charge is 0.462 e. The number of ether oxygens (including phenoxy) is 1. The first-order valence-corrected chi connectivity index (χ1v) is 8.69. The number of rotatable bonds is 6. The Morgan fingerprint density at radius 2 is 1.72 bits per heavy atom. The Morgan fingerprint density at radius 1 is 1.08 bits per heavy atom. The molecule has 25 heavy (non-hydrogen) atoms. The van der Waals surface area contributed by atoms with Crippen molar-refractivity contribution in [1.29, 1.82) is 0 Å². The standard InChI is InChI=1S/C19H19Cl2NO3/c1-3-25-19(24)13-6-4-9-17(12(13)2)22-18(23)11-10-14-15(20)7-5-8-16(14)21/h4-9H,3,10-11H2,1-2H3,(H,22,23). The van der Waals surface area contributed by atoms with Crippen LogP contribution in [0, 0.1) is 6.92 Å². The van der Waals surface area contributed by atoms with E-state index >= 15 is 0 Å². The third-order valence-corrected chi connectivity index (χ3v) is 4.48. The number of benzene rings is 2. The Balaban J connectivity index is 2.06. The van der Waals surface area contributed by atoms with Gasteiger partial charge in [0.1, 0.15) is 0 Å². The van der Waals surface area contributed by atoms with Crippen LogP contribution in [0.2, 0.25) is 10.0 Å². The zero-order valence-corrected chi connectivity index (χ0v) is 15.6. The van der Waals surface area contributed by atoms with E-state index in [1.54, 1.807) is 50.2 Å². The molecule has 2 aromatic carbocycles. The van der Waals surface area contributed by atoms with Crippen LogP contribution >= 0.6 is 23.2 Å². The van der Waals surface area contributed by atoms with E-state index in [9.17, 15) is 9.59 Å². The molecule has 2 aromatic rings. The fourth-order valence-electron chi connectivity index (χ4n) is 2.42. The number of amides is 1. The van der Waals surface area contributed by atoms with Crippen LogP contribution in [0.4, 0.5) is 5.69 Å². The number of anilines is 1. The zero-order valence-electron chi connectivity index (χ0n) is 14.1. The van der Waals surface area contributed by atoms with Crippen LogP contribution in [0.3, 0.4) is 0 Å². The molecule has 0 aliphatic heterocycles. The summed E-state index contributed by atoms with van der Waals surface area (Å²) in [5, 5.41) is 3.91. The van der Waals surface area contributed by atoms with Gasteiger partial charge >= 0.3 is 5.97 Å². The van der Waals surface area contributed by atoms with Crippen molar-refractivity contribution in [2.45, 2.75) is 26.7 Å². The number of carbonyl (C=O) groups excluding carboxylic acids is 2. The van der Waals surface area contributed by atoms with Crippen LogP contribution < -0.4 is 5.32 Å². The normalized spacial score (nSPS) is 10.4. The van der Waals surface area contributed by atoms with Gasteiger partial charge in [0.25, 0.3) is 0 Å². The maximum Gasteiger partial charge on any atom is 0.338 e. The molecule has 132 valence electrons. The van der Waals surface area contributed by atoms with E-state index in [4.69, 9.17) is 27.9 Å². The average Bonchev–Trinajstić information content (AvgIpc) is 2.56. The van der Waals surface area contributed by atoms with Crippen molar-refractivity contribution in [3.8, 4) is 0 Å². The summed E-state index contributed by atoms with van der Waals surface area (Å²) in [5.41, 5.74) is 2.44. The number of carbonyl (C=O) groups is 2. The van der Waals surface area contributed by atoms with Gasteiger partial charge in [0.2, 0.25) is 5.91 Å². The first-order valence-electron chi connectivity index (χ1n) is 7.93. The molecular weight excluding hydrogens is 361 g/mol. The quantitative estimate of drug-likeness (QED) is 0.714. The molecule has 4 nitrogen and oxygen atoms in total. The minimum Gasteiger partial charge on any atom is -0.462 e. The summed E-state index contributed by atoms with van der Waals surface area (Å²) in [6, 6.07) is 10.4. The smallest absolute Gasteiger partial charge is 0.338 e. The summed E-state index contributed by atoms with van der Waals surface area (Å²) in [6.45, 7) is 3.82. The first kappa shape index (κ1) is 19.3. The van der Waals surface area contributed by atoms with E-state index in [2.05, 4.69) is 5.32 Å². The third-order valence-electron chi connectivity index (χ3n) is 3.77. The molecule has 0 heterocycles. The van der Waals surface area contributed by atoms with Gasteiger partial charge in [0.05, 0.1) is 12.2 Å². The minimum atomic E-state index is -0.404. The van der Waals surface area contributed by atoms with Crippen LogP contribution in [0.15, 0.2) is 36.4 Å². The molecule has 1 N–H and O–H groups in total. The highest BCUT2D eigenvalue weighted by Gasteiger charge is 2.14. The summed E-state index contributed by atoms with van der Waals surface area (Å²) in [6.07, 6.45) is 0.660. The van der Waals surface area contributed by atoms with Crippen molar-refractivity contribution in [2.24, 2.45) is 0 Å². The van der Waals surface area contributed by atoms with E-state index in [1.165, 1.54) is 0 Å². The Kier molecular flexibility index (Phi) is 6.85. The Bertz CT molecular complexity index is 770. The SMILES string of the molecule is CCOC(=O)c1cccc(NC(=O)CCc2c(Cl)cccc2Cl)c1C. The van der Waals surface area contributed by atoms with Gasteiger partial charge in [-0.3, -0.25) is 4.79 Å². The van der Waals surface area contributed by atoms with Crippen molar-refractivity contribution < 1.29 is 14.3 Å². The summed E-state index contributed by atoms with van der Waals surface area (Å²) in [5.74, 6) is -0.584. The van der Waals surface area contributed by atoms with Crippen LogP contribution in [0.1, 0.15) is 34.8 Å². The fraction of sp³-hybridized carbons (Fsp3) is 0.263. The Hall–Kier alpha value is -2.04. The molecule has 0 unspecified atom stereocenters. The molecule has 0 atom stereocenters. The van der Waals surface area contributed by atoms with Gasteiger partial charge in [-0.25, -0.2) is 4.79 Å². The van der Waals surface area contributed by atoms with E-state index in [-0.39, 0.29) is 12.3 Å². The number of esters is 1. The summed E-state index contributed by atoms with van der Waals surface area (Å²) < 4.78 is 5.02. The fourth-order valence-corrected chi connectivity index (χ4v) is 3.01. The van der Waals surface area contributed by atoms with Crippen LogP contribution in [0.25, 0.3) is 0 Å². The lowest BCUT2D eigenvalue weighted by Crippen LogP contribution is -2.15. The van der Waals surface area contributed by atoms with Gasteiger partial charge in [-0.15, -0.1) is 0 Å². The number of hydrogen-bond acceptors (Lipinski definition) is 3. The first-order chi connectivity index (χ1) is 11.9. The molecule has 0 aromatic heterocycles. The molecule has 2 rings (SSSR count). The molecule has 0 radical (unpaired) electrons. The van der Waals surface area contributed by atoms with Crippen molar-refractivity contribution >= 4 is 40.8 Å². The topological polar surface area (TPSA) is 55.4 Å². The lowest BCUT2D eigenvalue weighted by atomic mass is 10.1. The predicted octanol–water partition coefficient (Wildman–Crippen LogP) is 5.05. The van der Waals surface area contributed by atoms with E-state index < -0.39 is 5.97 Å². The molecule has 0 spiro atoms. The van der Waals surface area contributed by atoms with E-state index in [0.29, 0.717) is 39.9 Å². The van der Waals surface area contributed by atoms with Gasteiger partial charge in [-0.2, -0.15) is 0 Å². The molecule has 0 fully saturated rings. The van der Waals surface area contributed by atoms with Gasteiger partial charge < -0.3 is 10.1 Å². The van der Waals surface area contributed by atoms with Gasteiger partial charge in [-0.1, -0.05) is 35.3 Å². The van der Waals surface area contributed by atoms with E-state index in [1.807, 2.05) is 0 Å². The van der Waals surface area contributed by atoms with E-state index in [0.717, 1.165) is 5.56 Å². The van der Waals surface area contributed by atoms with Crippen molar-refractivity contribution in [2.75, 3.05) is 11.9 Å². The van der Waals surface area contributed by atoms with Crippen LogP contribution in [0.5, 0.6) is 0 Å². The Morgan fingerprint density at radius 3 is 2.36 bits per heavy atom. The van der Waals surface area contributed by atoms with Crippen molar-refractivity contribution in [3.63, 3.8) is 0 Å². The third kappa shape index (κ3) is 4.97. The van der Waals surface area contributed by atoms with Crippen molar-refractivity contribution in [1.82, 2.24) is 0 Å². The maximum absolute atomic E-state index is 12.3. The highest BCUT2D eigenvalue weighted by Crippen LogP contribution is 2.26. The molecule has 0 saturated carbocycles. The minimum absolute atomic E-state index is 0.180. The second-order valence-electron chi connectivity index (χ2n) is 5.45. The zero-order chi connectivity index (χ0) is 18.4. The molecular formula is C19H19Cl2NO3. The Labute approximate surface area is 157 Å². The highest BCUT2D eigenvalue weighted by molar-refractivity contribution is 6.36. The molecule has 1 amide bonds. The van der Waals surface area contributed by atoms with Crippen LogP contribution in [-0.4, -0.2) is 18.5 Å². The van der Waals surface area contributed by atoms with Crippen LogP contribution in [-0.2, 0) is 16.0 Å². The molecule has 6 heteroatoms. The van der Waals surface area contributed by atoms with Gasteiger partial charge in [0.15, 0.2) is 0 Å². The number of halogens is 2. The monoisotopic (exact) mass is 379 g/mol. The summed E-state index contributed by atoms with van der Waals surface area (Å²) >= 11 is 12.2. The summed E-state index contributed by atoms with van der Waals surface area (Å²) in [7, 11) is 0. The second-order valence-corrected chi connectivity index (χ2v) is 6.26. The predicted molar refractivity (Wildman–Crippen MR) is 101 cm³/mol. The average molecular weight is 380 g/mol. The molecule has 0 bridgehead atoms. The maximum atomic E-state index is 12.3. The van der Waals surface area contributed by atoms with Crippen molar-refractivity contribution in [3.05, 3.63) is 63.1 Å². The lowest BCUT2D eigenvalue weighted by Gasteiger charge is -2.12. The highest BCUT2D eigenvalue weighted by atomic mass is 35.5. The molecule has 0 saturated heterocycles. The summed E-state index contributed by atoms with van der Waals surface area (Å²) in [4.78, 5) is 24.2. The molecule has 0 aliphatic rings. The lowest BCUT2D eigenvalue weighted by molar-refractivity contribution is -0.116. The van der Waals surface area contributed by atoms with Gasteiger partial charge in [0, 0.05) is 22.2 Å². The number of hydrogen-bond donors (Lipinski definition) is 1.